The standard InChI is InChI=1S/C44H83NO9/c1-3-5-7-9-11-13-15-17-18-19-20-21-23-25-27-29-31-33-39(48)45-36(35-53-44-43(52)42(51)41(50)38(34-46)54-44)40(49)37(47)32-30-28-26-24-22-16-14-12-10-8-6-4-2/h11,13,17-18,36-38,40-44,46-47,49-52H,3-10,12,14-16,19-35H2,1-2H3,(H,45,48)/t36-,37+,38?,40-,41-,42-,43?,44-/m0/s1. The average molecular weight is 770 g/mol. The van der Waals surface area contributed by atoms with Crippen LogP contribution in [0, 0.1) is 0 Å². The van der Waals surface area contributed by atoms with Crippen LogP contribution in [0.2, 0.25) is 0 Å². The third kappa shape index (κ3) is 25.0. The van der Waals surface area contributed by atoms with Crippen LogP contribution in [0.1, 0.15) is 187 Å². The van der Waals surface area contributed by atoms with E-state index in [9.17, 15) is 35.4 Å². The first-order valence-corrected chi connectivity index (χ1v) is 22.1. The van der Waals surface area contributed by atoms with Gasteiger partial charge in [-0.15, -0.1) is 0 Å². The number of hydrogen-bond donors (Lipinski definition) is 7. The zero-order valence-electron chi connectivity index (χ0n) is 34.3. The van der Waals surface area contributed by atoms with E-state index in [1.54, 1.807) is 0 Å². The van der Waals surface area contributed by atoms with E-state index in [0.29, 0.717) is 12.8 Å². The van der Waals surface area contributed by atoms with Crippen molar-refractivity contribution in [3.8, 4) is 0 Å². The lowest BCUT2D eigenvalue weighted by molar-refractivity contribution is -0.303. The zero-order chi connectivity index (χ0) is 39.7. The lowest BCUT2D eigenvalue weighted by Gasteiger charge is -2.40. The van der Waals surface area contributed by atoms with Gasteiger partial charge in [0.25, 0.3) is 0 Å². The zero-order valence-corrected chi connectivity index (χ0v) is 34.3. The molecule has 0 aromatic carbocycles. The lowest BCUT2D eigenvalue weighted by Crippen LogP contribution is -2.60. The van der Waals surface area contributed by atoms with Crippen LogP contribution in [0.15, 0.2) is 24.3 Å². The molecule has 1 heterocycles. The Morgan fingerprint density at radius 3 is 1.69 bits per heavy atom. The minimum atomic E-state index is -1.61. The summed E-state index contributed by atoms with van der Waals surface area (Å²) in [6.45, 7) is 3.56. The van der Waals surface area contributed by atoms with Gasteiger partial charge in [0.2, 0.25) is 5.91 Å². The molecule has 1 rings (SSSR count). The molecule has 1 fully saturated rings. The normalized spacial score (nSPS) is 22.3. The summed E-state index contributed by atoms with van der Waals surface area (Å²) in [7, 11) is 0. The van der Waals surface area contributed by atoms with E-state index >= 15 is 0 Å². The van der Waals surface area contributed by atoms with Gasteiger partial charge in [0.05, 0.1) is 25.4 Å². The number of ether oxygens (including phenoxy) is 2. The second-order valence-corrected chi connectivity index (χ2v) is 15.6. The molecule has 54 heavy (non-hydrogen) atoms. The largest absolute Gasteiger partial charge is 0.394 e. The third-order valence-electron chi connectivity index (χ3n) is 10.6. The Hall–Kier alpha value is -1.37. The molecule has 1 amide bonds. The maximum atomic E-state index is 13.0. The number of hydrogen-bond acceptors (Lipinski definition) is 9. The van der Waals surface area contributed by atoms with Crippen molar-refractivity contribution in [1.82, 2.24) is 5.32 Å². The predicted octanol–water partition coefficient (Wildman–Crippen LogP) is 7.69. The average Bonchev–Trinajstić information content (AvgIpc) is 3.17. The van der Waals surface area contributed by atoms with E-state index < -0.39 is 55.6 Å². The van der Waals surface area contributed by atoms with Gasteiger partial charge in [-0.05, 0) is 44.9 Å². The quantitative estimate of drug-likeness (QED) is 0.0250. The van der Waals surface area contributed by atoms with Gasteiger partial charge in [0.1, 0.15) is 30.5 Å². The SMILES string of the molecule is CCCCCC=CCC=CCCCCCCCCCC(=O)N[C@@H](CO[C@H]1OC(CO)[C@H](O)[C@H](O)C1O)[C@H](O)[C@H](O)CCCCCCCCCCCCCC. The van der Waals surface area contributed by atoms with Crippen LogP contribution in [0.5, 0.6) is 0 Å². The maximum absolute atomic E-state index is 13.0. The number of carbonyl (C=O) groups is 1. The van der Waals surface area contributed by atoms with Crippen molar-refractivity contribution in [1.29, 1.82) is 0 Å². The second-order valence-electron chi connectivity index (χ2n) is 15.6. The summed E-state index contributed by atoms with van der Waals surface area (Å²) in [6.07, 6.45) is 28.9. The summed E-state index contributed by atoms with van der Waals surface area (Å²) in [5.41, 5.74) is 0. The molecule has 10 nitrogen and oxygen atoms in total. The van der Waals surface area contributed by atoms with Gasteiger partial charge >= 0.3 is 0 Å². The van der Waals surface area contributed by atoms with Crippen molar-refractivity contribution in [2.75, 3.05) is 13.2 Å². The van der Waals surface area contributed by atoms with Crippen LogP contribution >= 0.6 is 0 Å². The molecule has 0 aromatic rings. The van der Waals surface area contributed by atoms with Crippen LogP contribution in [0.25, 0.3) is 0 Å². The van der Waals surface area contributed by atoms with E-state index in [2.05, 4.69) is 43.5 Å². The Kier molecular flexibility index (Phi) is 32.7. The molecule has 0 bridgehead atoms. The highest BCUT2D eigenvalue weighted by atomic mass is 16.7. The fourth-order valence-corrected chi connectivity index (χ4v) is 6.99. The Morgan fingerprint density at radius 2 is 1.13 bits per heavy atom. The first kappa shape index (κ1) is 50.6. The molecule has 0 radical (unpaired) electrons. The van der Waals surface area contributed by atoms with Gasteiger partial charge < -0.3 is 45.4 Å². The minimum absolute atomic E-state index is 0.267. The summed E-state index contributed by atoms with van der Waals surface area (Å²) in [4.78, 5) is 13.0. The van der Waals surface area contributed by atoms with Gasteiger partial charge in [-0.3, -0.25) is 4.79 Å². The highest BCUT2D eigenvalue weighted by molar-refractivity contribution is 5.76. The molecule has 2 unspecified atom stereocenters. The summed E-state index contributed by atoms with van der Waals surface area (Å²) in [6, 6.07) is -0.993. The lowest BCUT2D eigenvalue weighted by atomic mass is 9.98. The second kappa shape index (κ2) is 34.8. The van der Waals surface area contributed by atoms with Crippen molar-refractivity contribution >= 4 is 5.91 Å². The Bertz CT molecular complexity index is 916. The maximum Gasteiger partial charge on any atom is 0.220 e. The number of rotatable bonds is 36. The van der Waals surface area contributed by atoms with Gasteiger partial charge in [-0.25, -0.2) is 0 Å². The Labute approximate surface area is 329 Å². The minimum Gasteiger partial charge on any atom is -0.394 e. The molecule has 0 saturated carbocycles. The topological polar surface area (TPSA) is 169 Å². The molecule has 1 aliphatic heterocycles. The van der Waals surface area contributed by atoms with Crippen LogP contribution in [-0.2, 0) is 14.3 Å². The first-order valence-electron chi connectivity index (χ1n) is 22.1. The number of allylic oxidation sites excluding steroid dienone is 4. The van der Waals surface area contributed by atoms with Gasteiger partial charge in [-0.1, -0.05) is 160 Å². The summed E-state index contributed by atoms with van der Waals surface area (Å²) in [5, 5.41) is 65.0. The monoisotopic (exact) mass is 770 g/mol. The molecule has 318 valence electrons. The van der Waals surface area contributed by atoms with E-state index in [1.165, 1.54) is 96.3 Å². The van der Waals surface area contributed by atoms with Crippen molar-refractivity contribution in [2.24, 2.45) is 0 Å². The number of nitrogens with one attached hydrogen (secondary N) is 1. The molecule has 7 N–H and O–H groups in total. The predicted molar refractivity (Wildman–Crippen MR) is 218 cm³/mol. The van der Waals surface area contributed by atoms with Crippen molar-refractivity contribution in [3.05, 3.63) is 24.3 Å². The highest BCUT2D eigenvalue weighted by Gasteiger charge is 2.44. The van der Waals surface area contributed by atoms with Crippen LogP contribution < -0.4 is 5.32 Å². The van der Waals surface area contributed by atoms with Gasteiger partial charge in [0.15, 0.2) is 6.29 Å². The molecular formula is C44H83NO9. The number of aliphatic hydroxyl groups excluding tert-OH is 6. The first-order chi connectivity index (χ1) is 26.3. The van der Waals surface area contributed by atoms with E-state index in [0.717, 1.165) is 57.8 Å². The molecule has 1 saturated heterocycles. The van der Waals surface area contributed by atoms with Crippen molar-refractivity contribution in [2.45, 2.75) is 236 Å². The number of carbonyl (C=O) groups excluding carboxylic acids is 1. The number of unbranched alkanes of at least 4 members (excludes halogenated alkanes) is 21. The fraction of sp³-hybridized carbons (Fsp3) is 0.886. The number of amides is 1. The van der Waals surface area contributed by atoms with Gasteiger partial charge in [-0.2, -0.15) is 0 Å². The molecule has 10 heteroatoms. The summed E-state index contributed by atoms with van der Waals surface area (Å²) >= 11 is 0. The van der Waals surface area contributed by atoms with Crippen molar-refractivity contribution in [3.63, 3.8) is 0 Å². The summed E-state index contributed by atoms with van der Waals surface area (Å²) < 4.78 is 11.1. The van der Waals surface area contributed by atoms with Crippen LogP contribution in [0.4, 0.5) is 0 Å². The molecular weight excluding hydrogens is 686 g/mol. The summed E-state index contributed by atoms with van der Waals surface area (Å²) in [5.74, 6) is -0.267. The molecule has 1 aliphatic rings. The van der Waals surface area contributed by atoms with E-state index in [1.807, 2.05) is 0 Å². The fourth-order valence-electron chi connectivity index (χ4n) is 6.99. The molecule has 8 atom stereocenters. The van der Waals surface area contributed by atoms with E-state index in [-0.39, 0.29) is 18.9 Å². The van der Waals surface area contributed by atoms with Gasteiger partial charge in [0, 0.05) is 6.42 Å². The van der Waals surface area contributed by atoms with Crippen molar-refractivity contribution < 1.29 is 44.9 Å². The molecule has 0 aliphatic carbocycles. The van der Waals surface area contributed by atoms with E-state index in [4.69, 9.17) is 9.47 Å². The van der Waals surface area contributed by atoms with Crippen LogP contribution in [0.3, 0.4) is 0 Å². The molecule has 0 aromatic heterocycles. The smallest absolute Gasteiger partial charge is 0.220 e. The Balaban J connectivity index is 2.42. The highest BCUT2D eigenvalue weighted by Crippen LogP contribution is 2.23. The number of aliphatic hydroxyl groups is 6. The van der Waals surface area contributed by atoms with Crippen LogP contribution in [-0.4, -0.2) is 98.7 Å². The Morgan fingerprint density at radius 1 is 0.648 bits per heavy atom. The third-order valence-corrected chi connectivity index (χ3v) is 10.6. The molecule has 0 spiro atoms.